The van der Waals surface area contributed by atoms with Crippen LogP contribution in [0.3, 0.4) is 0 Å². The molecule has 2 aromatic heterocycles. The van der Waals surface area contributed by atoms with Crippen LogP contribution in [0.1, 0.15) is 23.9 Å². The maximum atomic E-state index is 8.95. The minimum atomic E-state index is -0.00374. The molecule has 1 saturated heterocycles. The number of nitrogens with zero attached hydrogens (tertiary/aromatic N) is 4. The van der Waals surface area contributed by atoms with Gasteiger partial charge in [-0.25, -0.2) is 4.98 Å². The lowest BCUT2D eigenvalue weighted by Crippen LogP contribution is -2.20. The highest BCUT2D eigenvalue weighted by atomic mass is 16.5. The van der Waals surface area contributed by atoms with E-state index in [0.717, 1.165) is 18.9 Å². The van der Waals surface area contributed by atoms with Gasteiger partial charge in [0.2, 0.25) is 0 Å². The molecule has 0 bridgehead atoms. The van der Waals surface area contributed by atoms with Crippen LogP contribution in [0, 0.1) is 17.2 Å². The summed E-state index contributed by atoms with van der Waals surface area (Å²) in [6.07, 6.45) is 6.19. The van der Waals surface area contributed by atoms with E-state index in [0.29, 0.717) is 23.8 Å². The third-order valence-corrected chi connectivity index (χ3v) is 3.63. The van der Waals surface area contributed by atoms with Gasteiger partial charge in [0.25, 0.3) is 0 Å². The lowest BCUT2D eigenvalue weighted by molar-refractivity contribution is 0.0839. The number of hydrogen-bond donors (Lipinski definition) is 2. The number of aromatic nitrogens is 4. The predicted molar refractivity (Wildman–Crippen MR) is 71.8 cm³/mol. The SMILES string of the molecule is Cn1ccnc1[C@@H]1OCC[C@H]1CNc1[nH]ncc1C#N. The third-order valence-electron chi connectivity index (χ3n) is 3.63. The Morgan fingerprint density at radius 3 is 3.30 bits per heavy atom. The molecule has 2 N–H and O–H groups in total. The molecule has 2 aromatic rings. The first-order chi connectivity index (χ1) is 9.79. The molecule has 0 unspecified atom stereocenters. The molecule has 0 amide bonds. The zero-order valence-electron chi connectivity index (χ0n) is 11.2. The fourth-order valence-electron chi connectivity index (χ4n) is 2.52. The lowest BCUT2D eigenvalue weighted by atomic mass is 10.0. The van der Waals surface area contributed by atoms with Crippen LogP contribution >= 0.6 is 0 Å². The van der Waals surface area contributed by atoms with Crippen LogP contribution in [0.5, 0.6) is 0 Å². The molecular formula is C13H16N6O. The van der Waals surface area contributed by atoms with E-state index in [4.69, 9.17) is 10.00 Å². The lowest BCUT2D eigenvalue weighted by Gasteiger charge is -2.18. The summed E-state index contributed by atoms with van der Waals surface area (Å²) in [5.41, 5.74) is 0.525. The topological polar surface area (TPSA) is 91.5 Å². The van der Waals surface area contributed by atoms with Gasteiger partial charge in [-0.1, -0.05) is 0 Å². The number of hydrogen-bond acceptors (Lipinski definition) is 5. The van der Waals surface area contributed by atoms with E-state index in [1.807, 2.05) is 17.8 Å². The summed E-state index contributed by atoms with van der Waals surface area (Å²) in [7, 11) is 1.97. The Labute approximate surface area is 116 Å². The third kappa shape index (κ3) is 2.26. The summed E-state index contributed by atoms with van der Waals surface area (Å²) in [5.74, 6) is 1.93. The Balaban J connectivity index is 1.68. The second kappa shape index (κ2) is 5.35. The van der Waals surface area contributed by atoms with Gasteiger partial charge in [-0.15, -0.1) is 0 Å². The second-order valence-electron chi connectivity index (χ2n) is 4.89. The number of ether oxygens (including phenoxy) is 1. The number of imidazole rings is 1. The van der Waals surface area contributed by atoms with Crippen molar-refractivity contribution in [2.24, 2.45) is 13.0 Å². The van der Waals surface area contributed by atoms with Gasteiger partial charge in [0.15, 0.2) is 0 Å². The van der Waals surface area contributed by atoms with Crippen molar-refractivity contribution in [1.29, 1.82) is 5.26 Å². The van der Waals surface area contributed by atoms with Crippen molar-refractivity contribution in [2.75, 3.05) is 18.5 Å². The number of nitrogens with one attached hydrogen (secondary N) is 2. The zero-order valence-corrected chi connectivity index (χ0v) is 11.2. The number of H-pyrrole nitrogens is 1. The highest BCUT2D eigenvalue weighted by Gasteiger charge is 2.32. The fourth-order valence-corrected chi connectivity index (χ4v) is 2.52. The summed E-state index contributed by atoms with van der Waals surface area (Å²) in [4.78, 5) is 4.36. The van der Waals surface area contributed by atoms with Crippen molar-refractivity contribution >= 4 is 5.82 Å². The second-order valence-corrected chi connectivity index (χ2v) is 4.89. The molecule has 0 aromatic carbocycles. The predicted octanol–water partition coefficient (Wildman–Crippen LogP) is 1.20. The number of aryl methyl sites for hydroxylation is 1. The average Bonchev–Trinajstić information content (AvgIpc) is 3.15. The van der Waals surface area contributed by atoms with Crippen LogP contribution in [-0.4, -0.2) is 32.9 Å². The maximum absolute atomic E-state index is 8.95. The molecule has 20 heavy (non-hydrogen) atoms. The van der Waals surface area contributed by atoms with Crippen LogP contribution in [0.2, 0.25) is 0 Å². The molecule has 1 aliphatic rings. The Morgan fingerprint density at radius 2 is 2.55 bits per heavy atom. The van der Waals surface area contributed by atoms with E-state index in [-0.39, 0.29) is 6.10 Å². The van der Waals surface area contributed by atoms with Gasteiger partial charge in [-0.05, 0) is 6.42 Å². The molecule has 1 fully saturated rings. The van der Waals surface area contributed by atoms with Crippen LogP contribution in [0.15, 0.2) is 18.6 Å². The molecule has 0 radical (unpaired) electrons. The van der Waals surface area contributed by atoms with Crippen LogP contribution in [0.25, 0.3) is 0 Å². The smallest absolute Gasteiger partial charge is 0.139 e. The van der Waals surface area contributed by atoms with Gasteiger partial charge in [0.05, 0.1) is 6.20 Å². The monoisotopic (exact) mass is 272 g/mol. The van der Waals surface area contributed by atoms with Gasteiger partial charge in [-0.2, -0.15) is 10.4 Å². The number of nitriles is 1. The van der Waals surface area contributed by atoms with Crippen LogP contribution < -0.4 is 5.32 Å². The summed E-state index contributed by atoms with van der Waals surface area (Å²) in [6.45, 7) is 1.45. The minimum absolute atomic E-state index is 0.00374. The van der Waals surface area contributed by atoms with Gasteiger partial charge in [0, 0.05) is 38.5 Å². The largest absolute Gasteiger partial charge is 0.370 e. The highest BCUT2D eigenvalue weighted by molar-refractivity contribution is 5.50. The zero-order chi connectivity index (χ0) is 13.9. The highest BCUT2D eigenvalue weighted by Crippen LogP contribution is 2.33. The Morgan fingerprint density at radius 1 is 1.65 bits per heavy atom. The van der Waals surface area contributed by atoms with Crippen molar-refractivity contribution in [3.63, 3.8) is 0 Å². The summed E-state index contributed by atoms with van der Waals surface area (Å²) >= 11 is 0. The molecule has 0 saturated carbocycles. The Bertz CT molecular complexity index is 625. The van der Waals surface area contributed by atoms with Crippen LogP contribution in [-0.2, 0) is 11.8 Å². The molecule has 0 aliphatic carbocycles. The van der Waals surface area contributed by atoms with E-state index in [1.54, 1.807) is 6.20 Å². The average molecular weight is 272 g/mol. The molecule has 1 aliphatic heterocycles. The van der Waals surface area contributed by atoms with Crippen molar-refractivity contribution < 1.29 is 4.74 Å². The minimum Gasteiger partial charge on any atom is -0.370 e. The van der Waals surface area contributed by atoms with Crippen LogP contribution in [0.4, 0.5) is 5.82 Å². The fraction of sp³-hybridized carbons (Fsp3) is 0.462. The van der Waals surface area contributed by atoms with E-state index in [9.17, 15) is 0 Å². The van der Waals surface area contributed by atoms with E-state index in [1.165, 1.54) is 6.20 Å². The maximum Gasteiger partial charge on any atom is 0.139 e. The summed E-state index contributed by atoms with van der Waals surface area (Å²) < 4.78 is 7.79. The molecule has 3 rings (SSSR count). The molecule has 3 heterocycles. The van der Waals surface area contributed by atoms with Gasteiger partial charge in [-0.3, -0.25) is 5.10 Å². The first kappa shape index (κ1) is 12.7. The van der Waals surface area contributed by atoms with E-state index >= 15 is 0 Å². The van der Waals surface area contributed by atoms with Crippen molar-refractivity contribution in [3.05, 3.63) is 30.0 Å². The van der Waals surface area contributed by atoms with Gasteiger partial charge < -0.3 is 14.6 Å². The van der Waals surface area contributed by atoms with Crippen molar-refractivity contribution in [2.45, 2.75) is 12.5 Å². The molecule has 2 atom stereocenters. The summed E-state index contributed by atoms with van der Waals surface area (Å²) in [5, 5.41) is 18.8. The first-order valence-corrected chi connectivity index (χ1v) is 6.55. The number of rotatable bonds is 4. The normalized spacial score (nSPS) is 21.8. The van der Waals surface area contributed by atoms with Gasteiger partial charge in [0.1, 0.15) is 29.4 Å². The van der Waals surface area contributed by atoms with Crippen molar-refractivity contribution in [3.8, 4) is 6.07 Å². The molecule has 104 valence electrons. The summed E-state index contributed by atoms with van der Waals surface area (Å²) in [6, 6.07) is 2.09. The molecule has 7 heteroatoms. The van der Waals surface area contributed by atoms with Crippen molar-refractivity contribution in [1.82, 2.24) is 19.7 Å². The first-order valence-electron chi connectivity index (χ1n) is 6.55. The number of aromatic amines is 1. The standard InChI is InChI=1S/C13H16N6O/c1-19-4-3-15-13(19)11-9(2-5-20-11)7-16-12-10(6-14)8-17-18-12/h3-4,8-9,11H,2,5,7H2,1H3,(H2,16,17,18)/t9-,11+/m0/s1. The van der Waals surface area contributed by atoms with E-state index in [2.05, 4.69) is 26.6 Å². The Hall–Kier alpha value is -2.33. The number of anilines is 1. The van der Waals surface area contributed by atoms with E-state index < -0.39 is 0 Å². The Kier molecular flexibility index (Phi) is 3.39. The molecule has 0 spiro atoms. The quantitative estimate of drug-likeness (QED) is 0.872. The molecular weight excluding hydrogens is 256 g/mol. The van der Waals surface area contributed by atoms with Gasteiger partial charge >= 0.3 is 0 Å². The molecule has 7 nitrogen and oxygen atoms in total.